The average molecular weight is 532 g/mol. The second-order valence-electron chi connectivity index (χ2n) is 10.4. The van der Waals surface area contributed by atoms with Crippen LogP contribution in [0, 0.1) is 18.7 Å². The zero-order valence-corrected chi connectivity index (χ0v) is 22.6. The van der Waals surface area contributed by atoms with Gasteiger partial charge in [0.1, 0.15) is 11.6 Å². The molecule has 1 aromatic heterocycles. The fourth-order valence-corrected chi connectivity index (χ4v) is 5.22. The lowest BCUT2D eigenvalue weighted by atomic mass is 10.0. The smallest absolute Gasteiger partial charge is 0.354 e. The zero-order valence-electron chi connectivity index (χ0n) is 22.6. The Morgan fingerprint density at radius 1 is 0.974 bits per heavy atom. The summed E-state index contributed by atoms with van der Waals surface area (Å²) in [7, 11) is 0. The summed E-state index contributed by atoms with van der Waals surface area (Å²) in [6, 6.07) is 12.2. The summed E-state index contributed by atoms with van der Waals surface area (Å²) in [5.74, 6) is 0.800. The van der Waals surface area contributed by atoms with E-state index in [-0.39, 0.29) is 23.8 Å². The van der Waals surface area contributed by atoms with E-state index in [9.17, 15) is 17.6 Å². The summed E-state index contributed by atoms with van der Waals surface area (Å²) in [6.07, 6.45) is -4.41. The first kappa shape index (κ1) is 28.1. The van der Waals surface area contributed by atoms with Crippen molar-refractivity contribution >= 4 is 5.82 Å². The van der Waals surface area contributed by atoms with Crippen LogP contribution in [0.4, 0.5) is 23.4 Å². The molecule has 1 saturated heterocycles. The molecule has 1 fully saturated rings. The number of hydrogen-bond donors (Lipinski definition) is 0. The molecule has 0 N–H and O–H groups in total. The molecule has 0 spiro atoms. The third-order valence-corrected chi connectivity index (χ3v) is 7.05. The van der Waals surface area contributed by atoms with Gasteiger partial charge in [0.2, 0.25) is 0 Å². The zero-order chi connectivity index (χ0) is 27.4. The highest BCUT2D eigenvalue weighted by Crippen LogP contribution is 2.34. The molecule has 0 atom stereocenters. The van der Waals surface area contributed by atoms with Crippen molar-refractivity contribution in [3.63, 3.8) is 0 Å². The Labute approximate surface area is 222 Å². The number of nitrogens with zero attached hydrogens (tertiary/aromatic N) is 5. The van der Waals surface area contributed by atoms with E-state index in [4.69, 9.17) is 5.10 Å². The maximum Gasteiger partial charge on any atom is 0.416 e. The number of halogens is 4. The first-order chi connectivity index (χ1) is 18.1. The highest BCUT2D eigenvalue weighted by atomic mass is 19.4. The van der Waals surface area contributed by atoms with Gasteiger partial charge in [0.15, 0.2) is 0 Å². The fraction of sp³-hybridized carbons (Fsp3) is 0.483. The molecule has 0 aliphatic carbocycles. The van der Waals surface area contributed by atoms with Crippen LogP contribution in [0.3, 0.4) is 0 Å². The van der Waals surface area contributed by atoms with Crippen molar-refractivity contribution < 1.29 is 17.6 Å². The molecule has 0 bridgehead atoms. The third-order valence-electron chi connectivity index (χ3n) is 7.05. The van der Waals surface area contributed by atoms with Crippen molar-refractivity contribution in [2.45, 2.75) is 47.0 Å². The highest BCUT2D eigenvalue weighted by molar-refractivity contribution is 5.56. The van der Waals surface area contributed by atoms with E-state index in [1.165, 1.54) is 18.2 Å². The fourth-order valence-electron chi connectivity index (χ4n) is 5.22. The second-order valence-corrected chi connectivity index (χ2v) is 10.4. The van der Waals surface area contributed by atoms with E-state index in [0.29, 0.717) is 18.8 Å². The number of anilines is 1. The largest absolute Gasteiger partial charge is 0.416 e. The molecule has 0 amide bonds. The number of aryl methyl sites for hydroxylation is 1. The minimum absolute atomic E-state index is 0.168. The van der Waals surface area contributed by atoms with Crippen molar-refractivity contribution in [1.82, 2.24) is 19.6 Å². The minimum atomic E-state index is -4.41. The lowest BCUT2D eigenvalue weighted by molar-refractivity contribution is -0.138. The van der Waals surface area contributed by atoms with Crippen molar-refractivity contribution in [3.8, 4) is 5.69 Å². The number of piperazine rings is 1. The second kappa shape index (κ2) is 11.9. The van der Waals surface area contributed by atoms with Crippen molar-refractivity contribution in [3.05, 3.63) is 76.7 Å². The summed E-state index contributed by atoms with van der Waals surface area (Å²) in [4.78, 5) is 6.73. The maximum atomic E-state index is 14.2. The van der Waals surface area contributed by atoms with Crippen molar-refractivity contribution in [2.75, 3.05) is 44.2 Å². The highest BCUT2D eigenvalue weighted by Gasteiger charge is 2.34. The molecule has 1 aliphatic rings. The van der Waals surface area contributed by atoms with Crippen LogP contribution in [0.15, 0.2) is 48.5 Å². The molecule has 4 rings (SSSR count). The lowest BCUT2D eigenvalue weighted by Gasteiger charge is -2.36. The third kappa shape index (κ3) is 6.56. The Kier molecular flexibility index (Phi) is 8.78. The SMILES string of the molecule is CCN1CCN(c2c(CN(Cc3ccccc3C(F)(F)F)CC(C)C)c(C)nn2-c2cccc(F)c2)CC1. The molecular formula is C29H37F4N5. The van der Waals surface area contributed by atoms with Gasteiger partial charge in [-0.1, -0.05) is 45.0 Å². The lowest BCUT2D eigenvalue weighted by Crippen LogP contribution is -2.47. The molecule has 5 nitrogen and oxygen atoms in total. The Hall–Kier alpha value is -2.91. The van der Waals surface area contributed by atoms with Crippen molar-refractivity contribution in [1.29, 1.82) is 0 Å². The van der Waals surface area contributed by atoms with Gasteiger partial charge in [-0.25, -0.2) is 9.07 Å². The first-order valence-electron chi connectivity index (χ1n) is 13.3. The number of likely N-dealkylation sites (N-methyl/N-ethyl adjacent to an activating group) is 1. The molecule has 3 aromatic rings. The number of hydrogen-bond acceptors (Lipinski definition) is 4. The van der Waals surface area contributed by atoms with Crippen LogP contribution < -0.4 is 4.90 Å². The predicted octanol–water partition coefficient (Wildman–Crippen LogP) is 6.14. The predicted molar refractivity (Wildman–Crippen MR) is 143 cm³/mol. The summed E-state index contributed by atoms with van der Waals surface area (Å²) in [5.41, 5.74) is 2.04. The molecule has 38 heavy (non-hydrogen) atoms. The molecule has 1 aliphatic heterocycles. The van der Waals surface area contributed by atoms with E-state index in [1.54, 1.807) is 22.9 Å². The molecule has 9 heteroatoms. The summed E-state index contributed by atoms with van der Waals surface area (Å²) >= 11 is 0. The topological polar surface area (TPSA) is 27.5 Å². The quantitative estimate of drug-likeness (QED) is 0.310. The van der Waals surface area contributed by atoms with Crippen molar-refractivity contribution in [2.24, 2.45) is 5.92 Å². The molecule has 206 valence electrons. The van der Waals surface area contributed by atoms with E-state index in [2.05, 4.69) is 35.5 Å². The van der Waals surface area contributed by atoms with Gasteiger partial charge in [-0.05, 0) is 49.2 Å². The van der Waals surface area contributed by atoms with Gasteiger partial charge < -0.3 is 9.80 Å². The Bertz CT molecular complexity index is 1210. The van der Waals surface area contributed by atoms with Gasteiger partial charge in [-0.3, -0.25) is 4.90 Å². The van der Waals surface area contributed by atoms with Crippen LogP contribution in [-0.2, 0) is 19.3 Å². The number of aromatic nitrogens is 2. The number of benzene rings is 2. The summed E-state index contributed by atoms with van der Waals surface area (Å²) < 4.78 is 57.3. The van der Waals surface area contributed by atoms with Crippen LogP contribution in [0.25, 0.3) is 5.69 Å². The molecule has 2 heterocycles. The summed E-state index contributed by atoms with van der Waals surface area (Å²) in [5, 5.41) is 4.82. The number of alkyl halides is 3. The standard InChI is InChI=1S/C29H37F4N5/c1-5-35-13-15-37(16-14-35)28-26(22(4)34-38(28)25-11-8-10-24(30)17-25)20-36(18-21(2)3)19-23-9-6-7-12-27(23)29(31,32)33/h6-12,17,21H,5,13-16,18-20H2,1-4H3. The van der Waals surface area contributed by atoms with E-state index >= 15 is 0 Å². The molecule has 0 radical (unpaired) electrons. The van der Waals surface area contributed by atoms with Gasteiger partial charge >= 0.3 is 6.18 Å². The Morgan fingerprint density at radius 2 is 1.68 bits per heavy atom. The Balaban J connectivity index is 1.74. The van der Waals surface area contributed by atoms with Crippen LogP contribution in [-0.4, -0.2) is 58.8 Å². The molecule has 2 aromatic carbocycles. The van der Waals surface area contributed by atoms with E-state index < -0.39 is 11.7 Å². The minimum Gasteiger partial charge on any atom is -0.354 e. The van der Waals surface area contributed by atoms with Gasteiger partial charge in [0, 0.05) is 51.4 Å². The summed E-state index contributed by atoms with van der Waals surface area (Å²) in [6.45, 7) is 13.8. The maximum absolute atomic E-state index is 14.2. The van der Waals surface area contributed by atoms with Gasteiger partial charge in [-0.2, -0.15) is 18.3 Å². The first-order valence-corrected chi connectivity index (χ1v) is 13.3. The van der Waals surface area contributed by atoms with Crippen LogP contribution >= 0.6 is 0 Å². The molecule has 0 unspecified atom stereocenters. The average Bonchev–Trinajstić information content (AvgIpc) is 3.19. The van der Waals surface area contributed by atoms with Gasteiger partial charge in [0.05, 0.1) is 16.9 Å². The van der Waals surface area contributed by atoms with Gasteiger partial charge in [-0.15, -0.1) is 0 Å². The van der Waals surface area contributed by atoms with E-state index in [0.717, 1.165) is 55.9 Å². The van der Waals surface area contributed by atoms with E-state index in [1.807, 2.05) is 13.0 Å². The van der Waals surface area contributed by atoms with Crippen LogP contribution in [0.2, 0.25) is 0 Å². The Morgan fingerprint density at radius 3 is 2.32 bits per heavy atom. The number of rotatable bonds is 9. The van der Waals surface area contributed by atoms with Gasteiger partial charge in [0.25, 0.3) is 0 Å². The molecule has 0 saturated carbocycles. The normalized spacial score (nSPS) is 15.2. The monoisotopic (exact) mass is 531 g/mol. The molecular weight excluding hydrogens is 494 g/mol. The van der Waals surface area contributed by atoms with Crippen LogP contribution in [0.1, 0.15) is 43.2 Å². The van der Waals surface area contributed by atoms with Crippen LogP contribution in [0.5, 0.6) is 0 Å².